The molecule has 1 N–H and O–H groups in total. The summed E-state index contributed by atoms with van der Waals surface area (Å²) in [4.78, 5) is 18.9. The molecule has 6 rings (SSSR count). The summed E-state index contributed by atoms with van der Waals surface area (Å²) in [5.41, 5.74) is 2.43. The van der Waals surface area contributed by atoms with Crippen molar-refractivity contribution in [1.82, 2.24) is 19.7 Å². The molecule has 0 atom stereocenters. The first-order valence-electron chi connectivity index (χ1n) is 11.3. The van der Waals surface area contributed by atoms with E-state index in [4.69, 9.17) is 9.84 Å². The number of ether oxygens (including phenoxy) is 1. The highest BCUT2D eigenvalue weighted by Crippen LogP contribution is 2.43. The van der Waals surface area contributed by atoms with Gasteiger partial charge in [-0.15, -0.1) is 0 Å². The number of hydrogen-bond donors (Lipinski definition) is 1. The van der Waals surface area contributed by atoms with Gasteiger partial charge in [0.1, 0.15) is 11.9 Å². The van der Waals surface area contributed by atoms with E-state index in [1.807, 2.05) is 30.3 Å². The van der Waals surface area contributed by atoms with Gasteiger partial charge in [-0.1, -0.05) is 24.6 Å². The number of carboxylic acids is 1. The van der Waals surface area contributed by atoms with Crippen LogP contribution in [0.3, 0.4) is 0 Å². The van der Waals surface area contributed by atoms with Crippen LogP contribution in [-0.2, 0) is 0 Å². The first-order chi connectivity index (χ1) is 15.2. The van der Waals surface area contributed by atoms with E-state index in [9.17, 15) is 9.90 Å². The van der Waals surface area contributed by atoms with Crippen molar-refractivity contribution < 1.29 is 14.6 Å². The zero-order valence-corrected chi connectivity index (χ0v) is 17.4. The summed E-state index contributed by atoms with van der Waals surface area (Å²) in [5, 5.41) is 15.5. The molecule has 3 heterocycles. The van der Waals surface area contributed by atoms with Crippen molar-refractivity contribution in [3.05, 3.63) is 47.8 Å². The lowest BCUT2D eigenvalue weighted by Crippen LogP contribution is -2.54. The first kappa shape index (κ1) is 18.8. The molecule has 1 saturated heterocycles. The zero-order valence-electron chi connectivity index (χ0n) is 17.4. The molecule has 160 valence electrons. The Morgan fingerprint density at radius 1 is 1.10 bits per heavy atom. The second kappa shape index (κ2) is 7.34. The van der Waals surface area contributed by atoms with E-state index in [2.05, 4.69) is 9.88 Å². The standard InChI is InChI=1S/C24H26N4O3/c29-24(30)19-14-20(31-18-12-17(13-18)27-10-5-11-27)21-22(15-6-4-7-15)26-28(23(21)25-19)16-8-2-1-3-9-16/h1-3,8-9,14-15,17-18H,4-7,10-13H2,(H,29,30). The molecule has 3 fully saturated rings. The van der Waals surface area contributed by atoms with E-state index < -0.39 is 5.97 Å². The predicted octanol–water partition coefficient (Wildman–Crippen LogP) is 4.00. The normalized spacial score (nSPS) is 23.7. The highest BCUT2D eigenvalue weighted by molar-refractivity contribution is 5.94. The summed E-state index contributed by atoms with van der Waals surface area (Å²) >= 11 is 0. The van der Waals surface area contributed by atoms with Crippen LogP contribution in [0.5, 0.6) is 5.75 Å². The topological polar surface area (TPSA) is 80.5 Å². The Kier molecular flexibility index (Phi) is 4.45. The third kappa shape index (κ3) is 3.19. The van der Waals surface area contributed by atoms with Crippen LogP contribution in [0.2, 0.25) is 0 Å². The maximum absolute atomic E-state index is 11.9. The number of hydrogen-bond acceptors (Lipinski definition) is 5. The molecule has 2 saturated carbocycles. The number of para-hydroxylation sites is 1. The van der Waals surface area contributed by atoms with E-state index in [0.717, 1.165) is 42.5 Å². The molecule has 0 bridgehead atoms. The van der Waals surface area contributed by atoms with E-state index in [1.54, 1.807) is 10.7 Å². The maximum Gasteiger partial charge on any atom is 0.354 e. The average molecular weight is 418 g/mol. The predicted molar refractivity (Wildman–Crippen MR) is 116 cm³/mol. The van der Waals surface area contributed by atoms with Gasteiger partial charge < -0.3 is 14.7 Å². The second-order valence-corrected chi connectivity index (χ2v) is 9.02. The van der Waals surface area contributed by atoms with Crippen LogP contribution in [-0.4, -0.2) is 56.0 Å². The molecule has 2 aromatic heterocycles. The second-order valence-electron chi connectivity index (χ2n) is 9.02. The molecule has 0 spiro atoms. The molecular formula is C24H26N4O3. The number of pyridine rings is 1. The Morgan fingerprint density at radius 3 is 2.48 bits per heavy atom. The number of likely N-dealkylation sites (tertiary alicyclic amines) is 1. The zero-order chi connectivity index (χ0) is 20.9. The first-order valence-corrected chi connectivity index (χ1v) is 11.3. The van der Waals surface area contributed by atoms with Crippen molar-refractivity contribution in [2.75, 3.05) is 13.1 Å². The number of carbonyl (C=O) groups is 1. The number of aromatic nitrogens is 3. The van der Waals surface area contributed by atoms with E-state index >= 15 is 0 Å². The van der Waals surface area contributed by atoms with Crippen LogP contribution < -0.4 is 4.74 Å². The molecule has 0 unspecified atom stereocenters. The van der Waals surface area contributed by atoms with Crippen LogP contribution in [0.25, 0.3) is 16.7 Å². The number of aromatic carboxylic acids is 1. The molecule has 0 amide bonds. The van der Waals surface area contributed by atoms with Crippen molar-refractivity contribution in [2.45, 2.75) is 56.6 Å². The third-order valence-corrected chi connectivity index (χ3v) is 7.11. The molecule has 1 aliphatic heterocycles. The minimum atomic E-state index is -1.05. The molecular weight excluding hydrogens is 392 g/mol. The van der Waals surface area contributed by atoms with Crippen LogP contribution in [0.4, 0.5) is 0 Å². The van der Waals surface area contributed by atoms with Gasteiger partial charge in [0.25, 0.3) is 0 Å². The lowest BCUT2D eigenvalue weighted by Gasteiger charge is -2.46. The fourth-order valence-electron chi connectivity index (χ4n) is 4.84. The Hall–Kier alpha value is -2.93. The molecule has 7 nitrogen and oxygen atoms in total. The molecule has 1 aromatic carbocycles. The summed E-state index contributed by atoms with van der Waals surface area (Å²) in [5.74, 6) is -0.0501. The minimum Gasteiger partial charge on any atom is -0.489 e. The van der Waals surface area contributed by atoms with Crippen molar-refractivity contribution in [3.8, 4) is 11.4 Å². The van der Waals surface area contributed by atoms with Gasteiger partial charge in [-0.2, -0.15) is 5.10 Å². The number of rotatable bonds is 6. The molecule has 3 aliphatic rings. The Labute approximate surface area is 180 Å². The third-order valence-electron chi connectivity index (χ3n) is 7.11. The summed E-state index contributed by atoms with van der Waals surface area (Å²) < 4.78 is 8.21. The van der Waals surface area contributed by atoms with Gasteiger partial charge >= 0.3 is 5.97 Å². The van der Waals surface area contributed by atoms with Crippen LogP contribution >= 0.6 is 0 Å². The van der Waals surface area contributed by atoms with E-state index in [-0.39, 0.29) is 11.8 Å². The SMILES string of the molecule is O=C(O)c1cc(OC2CC(N3CCC3)C2)c2c(C3CCC3)nn(-c3ccccc3)c2n1. The number of carboxylic acid groups (broad SMARTS) is 1. The molecule has 2 aliphatic carbocycles. The fourth-order valence-corrected chi connectivity index (χ4v) is 4.84. The average Bonchev–Trinajstić information content (AvgIpc) is 3.03. The van der Waals surface area contributed by atoms with Crippen molar-refractivity contribution in [1.29, 1.82) is 0 Å². The fraction of sp³-hybridized carbons (Fsp3) is 0.458. The summed E-state index contributed by atoms with van der Waals surface area (Å²) in [7, 11) is 0. The molecule has 31 heavy (non-hydrogen) atoms. The summed E-state index contributed by atoms with van der Waals surface area (Å²) in [6.45, 7) is 2.38. The quantitative estimate of drug-likeness (QED) is 0.652. The highest BCUT2D eigenvalue weighted by atomic mass is 16.5. The lowest BCUT2D eigenvalue weighted by atomic mass is 9.82. The van der Waals surface area contributed by atoms with Gasteiger partial charge in [-0.3, -0.25) is 0 Å². The number of nitrogens with zero attached hydrogens (tertiary/aromatic N) is 4. The number of fused-ring (bicyclic) bond motifs is 1. The van der Waals surface area contributed by atoms with Gasteiger partial charge in [0.15, 0.2) is 11.3 Å². The van der Waals surface area contributed by atoms with Crippen LogP contribution in [0, 0.1) is 0 Å². The summed E-state index contributed by atoms with van der Waals surface area (Å²) in [6.07, 6.45) is 6.80. The van der Waals surface area contributed by atoms with Crippen LogP contribution in [0.1, 0.15) is 60.6 Å². The van der Waals surface area contributed by atoms with Gasteiger partial charge in [0.2, 0.25) is 0 Å². The Morgan fingerprint density at radius 2 is 1.87 bits per heavy atom. The van der Waals surface area contributed by atoms with E-state index in [1.165, 1.54) is 25.9 Å². The minimum absolute atomic E-state index is 0.00152. The number of benzene rings is 1. The van der Waals surface area contributed by atoms with Gasteiger partial charge in [-0.25, -0.2) is 14.5 Å². The van der Waals surface area contributed by atoms with Gasteiger partial charge in [0.05, 0.1) is 16.8 Å². The van der Waals surface area contributed by atoms with Gasteiger partial charge in [0, 0.05) is 30.9 Å². The van der Waals surface area contributed by atoms with Crippen molar-refractivity contribution >= 4 is 17.0 Å². The van der Waals surface area contributed by atoms with E-state index in [0.29, 0.717) is 23.4 Å². The van der Waals surface area contributed by atoms with Crippen molar-refractivity contribution in [2.24, 2.45) is 0 Å². The molecule has 3 aromatic rings. The Balaban J connectivity index is 1.43. The lowest BCUT2D eigenvalue weighted by molar-refractivity contribution is -0.0103. The van der Waals surface area contributed by atoms with Gasteiger partial charge in [-0.05, 0) is 44.5 Å². The van der Waals surface area contributed by atoms with Crippen LogP contribution in [0.15, 0.2) is 36.4 Å². The largest absolute Gasteiger partial charge is 0.489 e. The molecule has 7 heteroatoms. The van der Waals surface area contributed by atoms with Crippen molar-refractivity contribution in [3.63, 3.8) is 0 Å². The monoisotopic (exact) mass is 418 g/mol. The Bertz CT molecular complexity index is 1130. The molecule has 0 radical (unpaired) electrons. The highest BCUT2D eigenvalue weighted by Gasteiger charge is 2.38. The maximum atomic E-state index is 11.9. The summed E-state index contributed by atoms with van der Waals surface area (Å²) in [6, 6.07) is 12.0. The smallest absolute Gasteiger partial charge is 0.354 e.